The van der Waals surface area contributed by atoms with Crippen LogP contribution in [0.25, 0.3) is 0 Å². The zero-order valence-electron chi connectivity index (χ0n) is 22.0. The molecule has 2 heteroatoms. The number of hydrogen-bond donors (Lipinski definition) is 0. The summed E-state index contributed by atoms with van der Waals surface area (Å²) < 4.78 is 12.1. The van der Waals surface area contributed by atoms with Gasteiger partial charge in [-0.05, 0) is 30.2 Å². The smallest absolute Gasteiger partial charge is 0.0815 e. The maximum absolute atomic E-state index is 6.14. The Morgan fingerprint density at radius 3 is 1.84 bits per heavy atom. The van der Waals surface area contributed by atoms with Gasteiger partial charge in [-0.1, -0.05) is 135 Å². The summed E-state index contributed by atoms with van der Waals surface area (Å²) in [5, 5.41) is 0. The van der Waals surface area contributed by atoms with Crippen molar-refractivity contribution in [3.63, 3.8) is 0 Å². The first-order chi connectivity index (χ1) is 15.6. The second-order valence-corrected chi connectivity index (χ2v) is 10.3. The maximum atomic E-state index is 6.14. The molecule has 1 rings (SSSR count). The van der Waals surface area contributed by atoms with Gasteiger partial charge in [0.15, 0.2) is 0 Å². The van der Waals surface area contributed by atoms with Crippen LogP contribution in [0.15, 0.2) is 30.3 Å². The van der Waals surface area contributed by atoms with Gasteiger partial charge in [0.05, 0.1) is 19.3 Å². The molecule has 32 heavy (non-hydrogen) atoms. The highest BCUT2D eigenvalue weighted by Crippen LogP contribution is 2.16. The number of benzene rings is 1. The molecule has 0 bridgehead atoms. The lowest BCUT2D eigenvalue weighted by atomic mass is 9.99. The van der Waals surface area contributed by atoms with Crippen molar-refractivity contribution in [2.24, 2.45) is 11.8 Å². The van der Waals surface area contributed by atoms with Crippen LogP contribution in [0.3, 0.4) is 0 Å². The Balaban J connectivity index is 1.91. The normalized spacial score (nSPS) is 13.5. The third-order valence-electron chi connectivity index (χ3n) is 6.55. The zero-order chi connectivity index (χ0) is 23.3. The van der Waals surface area contributed by atoms with Gasteiger partial charge in [-0.15, -0.1) is 0 Å². The topological polar surface area (TPSA) is 18.5 Å². The van der Waals surface area contributed by atoms with Crippen molar-refractivity contribution in [1.82, 2.24) is 0 Å². The third-order valence-corrected chi connectivity index (χ3v) is 6.55. The fourth-order valence-electron chi connectivity index (χ4n) is 4.21. The van der Waals surface area contributed by atoms with Gasteiger partial charge in [0.1, 0.15) is 0 Å². The largest absolute Gasteiger partial charge is 0.379 e. The highest BCUT2D eigenvalue weighted by molar-refractivity contribution is 5.13. The lowest BCUT2D eigenvalue weighted by Crippen LogP contribution is -2.22. The van der Waals surface area contributed by atoms with Gasteiger partial charge in [0.2, 0.25) is 0 Å². The molecule has 2 unspecified atom stereocenters. The van der Waals surface area contributed by atoms with E-state index >= 15 is 0 Å². The fraction of sp³-hybridized carbons (Fsp3) is 0.800. The summed E-state index contributed by atoms with van der Waals surface area (Å²) in [6.45, 7) is 11.5. The van der Waals surface area contributed by atoms with E-state index < -0.39 is 0 Å². The first kappa shape index (κ1) is 29.2. The molecular formula is C30H54O2. The molecule has 0 radical (unpaired) electrons. The number of hydrogen-bond acceptors (Lipinski definition) is 2. The molecule has 0 amide bonds. The predicted molar refractivity (Wildman–Crippen MR) is 140 cm³/mol. The van der Waals surface area contributed by atoms with Crippen LogP contribution >= 0.6 is 0 Å². The van der Waals surface area contributed by atoms with E-state index in [1.54, 1.807) is 0 Å². The molecule has 0 aliphatic rings. The molecule has 0 fully saturated rings. The zero-order valence-corrected chi connectivity index (χ0v) is 22.0. The number of unbranched alkanes of at least 4 members (excludes halogenated alkanes) is 10. The second-order valence-electron chi connectivity index (χ2n) is 10.3. The maximum Gasteiger partial charge on any atom is 0.0815 e. The summed E-state index contributed by atoms with van der Waals surface area (Å²) in [4.78, 5) is 0. The van der Waals surface area contributed by atoms with Gasteiger partial charge in [-0.2, -0.15) is 0 Å². The standard InChI is InChI=1S/C30H54O2/c1-5-28(4)20-16-13-11-9-7-6-8-10-12-14-19-23-31-26-30(24-27(2)3)32-25-29-21-17-15-18-22-29/h15,17-18,21-22,27-28,30H,5-14,16,19-20,23-26H2,1-4H3. The Morgan fingerprint density at radius 1 is 0.719 bits per heavy atom. The Bertz CT molecular complexity index is 499. The van der Waals surface area contributed by atoms with Gasteiger partial charge in [0, 0.05) is 6.61 Å². The van der Waals surface area contributed by atoms with Crippen molar-refractivity contribution in [3.8, 4) is 0 Å². The van der Waals surface area contributed by atoms with E-state index in [9.17, 15) is 0 Å². The van der Waals surface area contributed by atoms with E-state index in [0.29, 0.717) is 12.5 Å². The van der Waals surface area contributed by atoms with Crippen LogP contribution in [0.5, 0.6) is 0 Å². The average molecular weight is 447 g/mol. The molecule has 1 aromatic carbocycles. The predicted octanol–water partition coefficient (Wildman–Crippen LogP) is 9.36. The first-order valence-corrected chi connectivity index (χ1v) is 13.8. The summed E-state index contributed by atoms with van der Waals surface area (Å²) in [5.74, 6) is 1.55. The highest BCUT2D eigenvalue weighted by atomic mass is 16.5. The van der Waals surface area contributed by atoms with Crippen LogP contribution in [0, 0.1) is 11.8 Å². The molecule has 0 aliphatic carbocycles. The van der Waals surface area contributed by atoms with Crippen molar-refractivity contribution in [1.29, 1.82) is 0 Å². The minimum absolute atomic E-state index is 0.199. The summed E-state index contributed by atoms with van der Waals surface area (Å²) in [7, 11) is 0. The molecule has 1 aromatic rings. The van der Waals surface area contributed by atoms with Crippen LogP contribution in [0.4, 0.5) is 0 Å². The average Bonchev–Trinajstić information content (AvgIpc) is 2.79. The minimum Gasteiger partial charge on any atom is -0.379 e. The molecule has 0 spiro atoms. The molecule has 2 atom stereocenters. The van der Waals surface area contributed by atoms with Gasteiger partial charge < -0.3 is 9.47 Å². The number of rotatable bonds is 22. The Labute approximate surface area is 200 Å². The van der Waals surface area contributed by atoms with Crippen LogP contribution < -0.4 is 0 Å². The summed E-state index contributed by atoms with van der Waals surface area (Å²) in [6.07, 6.45) is 19.3. The monoisotopic (exact) mass is 446 g/mol. The summed E-state index contributed by atoms with van der Waals surface area (Å²) in [6, 6.07) is 10.4. The van der Waals surface area contributed by atoms with Crippen LogP contribution in [0.2, 0.25) is 0 Å². The lowest BCUT2D eigenvalue weighted by molar-refractivity contribution is -0.0346. The van der Waals surface area contributed by atoms with Crippen LogP contribution in [0.1, 0.15) is 123 Å². The molecule has 0 N–H and O–H groups in total. The number of ether oxygens (including phenoxy) is 2. The van der Waals surface area contributed by atoms with Gasteiger partial charge >= 0.3 is 0 Å². The van der Waals surface area contributed by atoms with E-state index in [0.717, 1.165) is 25.6 Å². The minimum atomic E-state index is 0.199. The molecule has 186 valence electrons. The van der Waals surface area contributed by atoms with E-state index in [-0.39, 0.29) is 6.10 Å². The fourth-order valence-corrected chi connectivity index (χ4v) is 4.21. The van der Waals surface area contributed by atoms with Crippen LogP contribution in [-0.4, -0.2) is 19.3 Å². The molecule has 0 aliphatic heterocycles. The van der Waals surface area contributed by atoms with Crippen molar-refractivity contribution in [2.45, 2.75) is 130 Å². The highest BCUT2D eigenvalue weighted by Gasteiger charge is 2.12. The summed E-state index contributed by atoms with van der Waals surface area (Å²) in [5.41, 5.74) is 1.24. The van der Waals surface area contributed by atoms with Gasteiger partial charge in [0.25, 0.3) is 0 Å². The Morgan fingerprint density at radius 2 is 1.28 bits per heavy atom. The lowest BCUT2D eigenvalue weighted by Gasteiger charge is -2.20. The molecule has 0 aromatic heterocycles. The molecular weight excluding hydrogens is 392 g/mol. The van der Waals surface area contributed by atoms with E-state index in [4.69, 9.17) is 9.47 Å². The molecule has 2 nitrogen and oxygen atoms in total. The summed E-state index contributed by atoms with van der Waals surface area (Å²) >= 11 is 0. The molecule has 0 saturated heterocycles. The molecule has 0 saturated carbocycles. The van der Waals surface area contributed by atoms with Crippen molar-refractivity contribution in [2.75, 3.05) is 13.2 Å². The SMILES string of the molecule is CCC(C)CCCCCCCCCCCCCOCC(CC(C)C)OCc1ccccc1. The van der Waals surface area contributed by atoms with Crippen LogP contribution in [-0.2, 0) is 16.1 Å². The quantitative estimate of drug-likeness (QED) is 0.165. The molecule has 0 heterocycles. The first-order valence-electron chi connectivity index (χ1n) is 13.8. The van der Waals surface area contributed by atoms with Gasteiger partial charge in [-0.25, -0.2) is 0 Å². The van der Waals surface area contributed by atoms with E-state index in [1.807, 2.05) is 0 Å². The Hall–Kier alpha value is -0.860. The van der Waals surface area contributed by atoms with Crippen molar-refractivity contribution >= 4 is 0 Å². The van der Waals surface area contributed by atoms with Gasteiger partial charge in [-0.3, -0.25) is 0 Å². The van der Waals surface area contributed by atoms with Crippen molar-refractivity contribution < 1.29 is 9.47 Å². The Kier molecular flexibility index (Phi) is 18.9. The van der Waals surface area contributed by atoms with E-state index in [2.05, 4.69) is 58.0 Å². The van der Waals surface area contributed by atoms with E-state index in [1.165, 1.54) is 89.0 Å². The van der Waals surface area contributed by atoms with Crippen molar-refractivity contribution in [3.05, 3.63) is 35.9 Å². The second kappa shape index (κ2) is 20.7. The third kappa shape index (κ3) is 17.7.